The van der Waals surface area contributed by atoms with E-state index in [9.17, 15) is 9.59 Å². The molecule has 1 aliphatic rings. The van der Waals surface area contributed by atoms with Gasteiger partial charge in [-0.2, -0.15) is 0 Å². The maximum atomic E-state index is 11.1. The smallest absolute Gasteiger partial charge is 0.255 e. The number of unbranched alkanes of at least 4 members (excludes halogenated alkanes) is 1. The molecule has 74 valence electrons. The Morgan fingerprint density at radius 2 is 1.85 bits per heavy atom. The molecule has 0 bridgehead atoms. The highest BCUT2D eigenvalue weighted by Gasteiger charge is 2.25. The van der Waals surface area contributed by atoms with E-state index < -0.39 is 0 Å². The number of carbonyl (C=O) groups excluding carboxylic acids is 2. The van der Waals surface area contributed by atoms with Crippen LogP contribution in [0.15, 0.2) is 0 Å². The van der Waals surface area contributed by atoms with Gasteiger partial charge in [0.1, 0.15) is 13.2 Å². The molecule has 0 atom stereocenters. The number of nitrogens with zero attached hydrogens (tertiary/aromatic N) is 1. The lowest BCUT2D eigenvalue weighted by Crippen LogP contribution is -2.46. The summed E-state index contributed by atoms with van der Waals surface area (Å²) in [5, 5.41) is 0. The van der Waals surface area contributed by atoms with Crippen molar-refractivity contribution in [1.82, 2.24) is 4.90 Å². The number of ether oxygens (including phenoxy) is 1. The van der Waals surface area contributed by atoms with Crippen LogP contribution in [0.4, 0.5) is 0 Å². The molecule has 13 heavy (non-hydrogen) atoms. The highest BCUT2D eigenvalue weighted by atomic mass is 16.5. The summed E-state index contributed by atoms with van der Waals surface area (Å²) in [7, 11) is 0. The molecular weight excluding hydrogens is 172 g/mol. The van der Waals surface area contributed by atoms with Gasteiger partial charge in [0.25, 0.3) is 11.8 Å². The first-order valence-corrected chi connectivity index (χ1v) is 4.36. The van der Waals surface area contributed by atoms with E-state index in [-0.39, 0.29) is 25.0 Å². The predicted molar refractivity (Wildman–Crippen MR) is 45.8 cm³/mol. The van der Waals surface area contributed by atoms with E-state index in [1.54, 1.807) is 0 Å². The minimum atomic E-state index is -0.242. The second-order valence-electron chi connectivity index (χ2n) is 2.93. The standard InChI is InChI=1S/C8H14N2O3/c9-3-1-2-4-10-7(11)5-13-6-8(10)12/h1-6,9H2. The van der Waals surface area contributed by atoms with Gasteiger partial charge < -0.3 is 10.5 Å². The van der Waals surface area contributed by atoms with Crippen LogP contribution in [-0.2, 0) is 14.3 Å². The SMILES string of the molecule is NCCCCN1C(=O)COCC1=O. The summed E-state index contributed by atoms with van der Waals surface area (Å²) in [6, 6.07) is 0. The maximum Gasteiger partial charge on any atom is 0.255 e. The Kier molecular flexibility index (Phi) is 3.85. The van der Waals surface area contributed by atoms with Gasteiger partial charge >= 0.3 is 0 Å². The van der Waals surface area contributed by atoms with Crippen molar-refractivity contribution in [2.45, 2.75) is 12.8 Å². The van der Waals surface area contributed by atoms with Crippen molar-refractivity contribution >= 4 is 11.8 Å². The molecule has 5 heteroatoms. The Balaban J connectivity index is 2.35. The van der Waals surface area contributed by atoms with Crippen molar-refractivity contribution in [2.75, 3.05) is 26.3 Å². The molecule has 1 aliphatic heterocycles. The molecule has 0 aromatic heterocycles. The van der Waals surface area contributed by atoms with Gasteiger partial charge in [-0.15, -0.1) is 0 Å². The molecule has 5 nitrogen and oxygen atoms in total. The van der Waals surface area contributed by atoms with Gasteiger partial charge in [-0.05, 0) is 19.4 Å². The van der Waals surface area contributed by atoms with E-state index in [4.69, 9.17) is 10.5 Å². The lowest BCUT2D eigenvalue weighted by atomic mass is 10.2. The van der Waals surface area contributed by atoms with Crippen molar-refractivity contribution in [3.8, 4) is 0 Å². The van der Waals surface area contributed by atoms with Crippen LogP contribution in [0.1, 0.15) is 12.8 Å². The summed E-state index contributed by atoms with van der Waals surface area (Å²) in [4.78, 5) is 23.5. The van der Waals surface area contributed by atoms with E-state index in [0.717, 1.165) is 12.8 Å². The fourth-order valence-corrected chi connectivity index (χ4v) is 1.18. The van der Waals surface area contributed by atoms with Gasteiger partial charge in [-0.3, -0.25) is 14.5 Å². The summed E-state index contributed by atoms with van der Waals surface area (Å²) in [6.07, 6.45) is 1.60. The predicted octanol–water partition coefficient (Wildman–Crippen LogP) is -0.889. The zero-order chi connectivity index (χ0) is 9.68. The average Bonchev–Trinajstić information content (AvgIpc) is 2.10. The molecule has 0 unspecified atom stereocenters. The molecule has 0 spiro atoms. The molecule has 0 aliphatic carbocycles. The highest BCUT2D eigenvalue weighted by Crippen LogP contribution is 2.02. The lowest BCUT2D eigenvalue weighted by Gasteiger charge is -2.24. The van der Waals surface area contributed by atoms with Gasteiger partial charge in [0.15, 0.2) is 0 Å². The lowest BCUT2D eigenvalue weighted by molar-refractivity contribution is -0.158. The van der Waals surface area contributed by atoms with Crippen LogP contribution in [0.3, 0.4) is 0 Å². The van der Waals surface area contributed by atoms with Crippen molar-refractivity contribution < 1.29 is 14.3 Å². The summed E-state index contributed by atoms with van der Waals surface area (Å²) >= 11 is 0. The van der Waals surface area contributed by atoms with Crippen LogP contribution in [0.5, 0.6) is 0 Å². The highest BCUT2D eigenvalue weighted by molar-refractivity contribution is 5.98. The fourth-order valence-electron chi connectivity index (χ4n) is 1.18. The largest absolute Gasteiger partial charge is 0.362 e. The Labute approximate surface area is 76.8 Å². The Morgan fingerprint density at radius 1 is 1.23 bits per heavy atom. The molecule has 1 saturated heterocycles. The molecule has 0 radical (unpaired) electrons. The van der Waals surface area contributed by atoms with Gasteiger partial charge in [0, 0.05) is 6.54 Å². The van der Waals surface area contributed by atoms with Crippen LogP contribution >= 0.6 is 0 Å². The van der Waals surface area contributed by atoms with E-state index in [1.807, 2.05) is 0 Å². The average molecular weight is 186 g/mol. The Hall–Kier alpha value is -0.940. The molecule has 2 amide bonds. The second kappa shape index (κ2) is 4.94. The number of hydrogen-bond acceptors (Lipinski definition) is 4. The van der Waals surface area contributed by atoms with Crippen LogP contribution in [0.2, 0.25) is 0 Å². The first-order chi connectivity index (χ1) is 6.25. The molecule has 1 rings (SSSR count). The quantitative estimate of drug-likeness (QED) is 0.456. The van der Waals surface area contributed by atoms with Crippen LogP contribution in [0, 0.1) is 0 Å². The third kappa shape index (κ3) is 2.78. The number of hydrogen-bond donors (Lipinski definition) is 1. The minimum absolute atomic E-state index is 0.0222. The third-order valence-electron chi connectivity index (χ3n) is 1.89. The Bertz CT molecular complexity index is 190. The number of morpholine rings is 1. The van der Waals surface area contributed by atoms with Crippen molar-refractivity contribution in [1.29, 1.82) is 0 Å². The molecule has 2 N–H and O–H groups in total. The Morgan fingerprint density at radius 3 is 2.38 bits per heavy atom. The molecule has 0 aromatic carbocycles. The number of imide groups is 1. The molecule has 0 aromatic rings. The van der Waals surface area contributed by atoms with Crippen molar-refractivity contribution in [2.24, 2.45) is 5.73 Å². The molecule has 0 saturated carbocycles. The number of carbonyl (C=O) groups is 2. The minimum Gasteiger partial charge on any atom is -0.362 e. The van der Waals surface area contributed by atoms with Crippen LogP contribution in [0.25, 0.3) is 0 Å². The number of amides is 2. The molecule has 1 heterocycles. The van der Waals surface area contributed by atoms with Crippen molar-refractivity contribution in [3.05, 3.63) is 0 Å². The van der Waals surface area contributed by atoms with Crippen LogP contribution in [-0.4, -0.2) is 43.0 Å². The zero-order valence-corrected chi connectivity index (χ0v) is 7.49. The molecule has 1 fully saturated rings. The summed E-state index contributed by atoms with van der Waals surface area (Å²) in [5.74, 6) is -0.485. The first-order valence-electron chi connectivity index (χ1n) is 4.36. The number of rotatable bonds is 4. The van der Waals surface area contributed by atoms with E-state index >= 15 is 0 Å². The summed E-state index contributed by atoms with van der Waals surface area (Å²) in [6.45, 7) is 1.10. The van der Waals surface area contributed by atoms with E-state index in [1.165, 1.54) is 4.90 Å². The second-order valence-corrected chi connectivity index (χ2v) is 2.93. The van der Waals surface area contributed by atoms with Crippen LogP contribution < -0.4 is 5.73 Å². The zero-order valence-electron chi connectivity index (χ0n) is 7.49. The third-order valence-corrected chi connectivity index (χ3v) is 1.89. The monoisotopic (exact) mass is 186 g/mol. The number of nitrogens with two attached hydrogens (primary N) is 1. The van der Waals surface area contributed by atoms with Crippen molar-refractivity contribution in [3.63, 3.8) is 0 Å². The summed E-state index contributed by atoms with van der Waals surface area (Å²) < 4.78 is 4.77. The molecular formula is C8H14N2O3. The fraction of sp³-hybridized carbons (Fsp3) is 0.750. The van der Waals surface area contributed by atoms with E-state index in [2.05, 4.69) is 0 Å². The van der Waals surface area contributed by atoms with Gasteiger partial charge in [-0.25, -0.2) is 0 Å². The van der Waals surface area contributed by atoms with Gasteiger partial charge in [0.05, 0.1) is 0 Å². The van der Waals surface area contributed by atoms with E-state index in [0.29, 0.717) is 13.1 Å². The van der Waals surface area contributed by atoms with Gasteiger partial charge in [0.2, 0.25) is 0 Å². The topological polar surface area (TPSA) is 72.6 Å². The maximum absolute atomic E-state index is 11.1. The van der Waals surface area contributed by atoms with Gasteiger partial charge in [-0.1, -0.05) is 0 Å². The summed E-state index contributed by atoms with van der Waals surface area (Å²) in [5.41, 5.74) is 5.30. The normalized spacial score (nSPS) is 18.1. The first kappa shape index (κ1) is 10.1.